The van der Waals surface area contributed by atoms with E-state index in [4.69, 9.17) is 0 Å². The normalized spacial score (nSPS) is 14.4. The van der Waals surface area contributed by atoms with Crippen molar-refractivity contribution in [3.63, 3.8) is 0 Å². The SMILES string of the molecule is CC(NCC(C)(C)NS(C)(=O)=O)c1ccncc1. The lowest BCUT2D eigenvalue weighted by Crippen LogP contribution is -2.50. The Kier molecular flexibility index (Phi) is 4.84. The molecule has 1 atom stereocenters. The molecule has 1 aromatic rings. The van der Waals surface area contributed by atoms with Crippen LogP contribution in [0.3, 0.4) is 0 Å². The van der Waals surface area contributed by atoms with E-state index >= 15 is 0 Å². The zero-order chi connectivity index (χ0) is 13.8. The highest BCUT2D eigenvalue weighted by molar-refractivity contribution is 7.88. The maximum Gasteiger partial charge on any atom is 0.209 e. The summed E-state index contributed by atoms with van der Waals surface area (Å²) in [5.74, 6) is 0. The summed E-state index contributed by atoms with van der Waals surface area (Å²) in [7, 11) is -3.19. The van der Waals surface area contributed by atoms with Crippen LogP contribution in [0.15, 0.2) is 24.5 Å². The fraction of sp³-hybridized carbons (Fsp3) is 0.583. The quantitative estimate of drug-likeness (QED) is 0.811. The molecule has 1 heterocycles. The molecule has 0 aliphatic heterocycles. The first-order valence-electron chi connectivity index (χ1n) is 5.82. The zero-order valence-electron chi connectivity index (χ0n) is 11.3. The highest BCUT2D eigenvalue weighted by atomic mass is 32.2. The Morgan fingerprint density at radius 2 is 1.89 bits per heavy atom. The molecule has 2 N–H and O–H groups in total. The molecule has 0 fully saturated rings. The van der Waals surface area contributed by atoms with Gasteiger partial charge in [0.25, 0.3) is 0 Å². The predicted octanol–water partition coefficient (Wildman–Crippen LogP) is 1.06. The number of nitrogens with zero attached hydrogens (tertiary/aromatic N) is 1. The number of rotatable bonds is 6. The molecule has 0 amide bonds. The Labute approximate surface area is 109 Å². The van der Waals surface area contributed by atoms with Gasteiger partial charge >= 0.3 is 0 Å². The van der Waals surface area contributed by atoms with Crippen molar-refractivity contribution >= 4 is 10.0 Å². The molecule has 0 bridgehead atoms. The van der Waals surface area contributed by atoms with Crippen molar-refractivity contribution in [3.05, 3.63) is 30.1 Å². The fourth-order valence-corrected chi connectivity index (χ4v) is 2.79. The van der Waals surface area contributed by atoms with Gasteiger partial charge < -0.3 is 5.32 Å². The molecule has 18 heavy (non-hydrogen) atoms. The highest BCUT2D eigenvalue weighted by Crippen LogP contribution is 2.12. The summed E-state index contributed by atoms with van der Waals surface area (Å²) < 4.78 is 25.0. The van der Waals surface area contributed by atoms with E-state index in [0.717, 1.165) is 5.56 Å². The van der Waals surface area contributed by atoms with Crippen molar-refractivity contribution in [1.82, 2.24) is 15.0 Å². The topological polar surface area (TPSA) is 71.1 Å². The summed E-state index contributed by atoms with van der Waals surface area (Å²) in [4.78, 5) is 3.97. The predicted molar refractivity (Wildman–Crippen MR) is 72.7 cm³/mol. The molecule has 0 aliphatic rings. The van der Waals surface area contributed by atoms with E-state index < -0.39 is 15.6 Å². The van der Waals surface area contributed by atoms with Crippen LogP contribution in [0.5, 0.6) is 0 Å². The van der Waals surface area contributed by atoms with Crippen LogP contribution < -0.4 is 10.0 Å². The van der Waals surface area contributed by atoms with Crippen molar-refractivity contribution in [2.45, 2.75) is 32.4 Å². The first kappa shape index (κ1) is 15.1. The van der Waals surface area contributed by atoms with Gasteiger partial charge in [0, 0.05) is 30.5 Å². The van der Waals surface area contributed by atoms with E-state index in [1.54, 1.807) is 12.4 Å². The second-order valence-electron chi connectivity index (χ2n) is 5.14. The number of nitrogens with one attached hydrogen (secondary N) is 2. The minimum Gasteiger partial charge on any atom is -0.308 e. The Bertz CT molecular complexity index is 471. The molecule has 1 aromatic heterocycles. The smallest absolute Gasteiger partial charge is 0.209 e. The van der Waals surface area contributed by atoms with Crippen LogP contribution in [-0.2, 0) is 10.0 Å². The summed E-state index contributed by atoms with van der Waals surface area (Å²) >= 11 is 0. The second-order valence-corrected chi connectivity index (χ2v) is 6.89. The summed E-state index contributed by atoms with van der Waals surface area (Å²) in [5.41, 5.74) is 0.606. The molecule has 102 valence electrons. The third kappa shape index (κ3) is 5.57. The first-order valence-corrected chi connectivity index (χ1v) is 7.71. The van der Waals surface area contributed by atoms with Gasteiger partial charge in [-0.1, -0.05) is 0 Å². The van der Waals surface area contributed by atoms with Gasteiger partial charge in [-0.15, -0.1) is 0 Å². The van der Waals surface area contributed by atoms with Crippen LogP contribution in [0.25, 0.3) is 0 Å². The molecule has 1 unspecified atom stereocenters. The van der Waals surface area contributed by atoms with Crippen LogP contribution in [0.2, 0.25) is 0 Å². The maximum absolute atomic E-state index is 11.2. The molecule has 1 rings (SSSR count). The Balaban J connectivity index is 2.55. The summed E-state index contributed by atoms with van der Waals surface area (Å²) in [6.45, 7) is 6.27. The van der Waals surface area contributed by atoms with Crippen molar-refractivity contribution in [2.24, 2.45) is 0 Å². The Hall–Kier alpha value is -0.980. The number of hydrogen-bond acceptors (Lipinski definition) is 4. The van der Waals surface area contributed by atoms with Gasteiger partial charge in [0.1, 0.15) is 0 Å². The lowest BCUT2D eigenvalue weighted by Gasteiger charge is -2.27. The first-order chi connectivity index (χ1) is 8.20. The van der Waals surface area contributed by atoms with Crippen LogP contribution in [0, 0.1) is 0 Å². The largest absolute Gasteiger partial charge is 0.308 e. The minimum atomic E-state index is -3.19. The van der Waals surface area contributed by atoms with Gasteiger partial charge in [-0.3, -0.25) is 4.98 Å². The van der Waals surface area contributed by atoms with Crippen LogP contribution in [-0.4, -0.2) is 31.7 Å². The third-order valence-corrected chi connectivity index (χ3v) is 3.44. The molecule has 5 nitrogen and oxygen atoms in total. The zero-order valence-corrected chi connectivity index (χ0v) is 12.1. The number of pyridine rings is 1. The van der Waals surface area contributed by atoms with Crippen molar-refractivity contribution < 1.29 is 8.42 Å². The lowest BCUT2D eigenvalue weighted by atomic mass is 10.1. The van der Waals surface area contributed by atoms with E-state index in [9.17, 15) is 8.42 Å². The van der Waals surface area contributed by atoms with Gasteiger partial charge in [0.15, 0.2) is 0 Å². The number of sulfonamides is 1. The summed E-state index contributed by atoms with van der Waals surface area (Å²) in [5, 5.41) is 3.31. The van der Waals surface area contributed by atoms with Crippen molar-refractivity contribution in [1.29, 1.82) is 0 Å². The molecule has 0 saturated heterocycles. The van der Waals surface area contributed by atoms with Crippen LogP contribution >= 0.6 is 0 Å². The summed E-state index contributed by atoms with van der Waals surface area (Å²) in [6.07, 6.45) is 4.65. The highest BCUT2D eigenvalue weighted by Gasteiger charge is 2.22. The number of hydrogen-bond donors (Lipinski definition) is 2. The molecule has 0 radical (unpaired) electrons. The lowest BCUT2D eigenvalue weighted by molar-refractivity contribution is 0.399. The van der Waals surface area contributed by atoms with Gasteiger partial charge in [-0.05, 0) is 38.5 Å². The molecule has 0 aromatic carbocycles. The van der Waals surface area contributed by atoms with Crippen molar-refractivity contribution in [3.8, 4) is 0 Å². The van der Waals surface area contributed by atoms with Gasteiger partial charge in [-0.2, -0.15) is 0 Å². The van der Waals surface area contributed by atoms with E-state index in [0.29, 0.717) is 6.54 Å². The summed E-state index contributed by atoms with van der Waals surface area (Å²) in [6, 6.07) is 4.03. The van der Waals surface area contributed by atoms with E-state index in [2.05, 4.69) is 15.0 Å². The number of aromatic nitrogens is 1. The third-order valence-electron chi connectivity index (χ3n) is 2.52. The van der Waals surface area contributed by atoms with Gasteiger partial charge in [-0.25, -0.2) is 13.1 Å². The second kappa shape index (κ2) is 5.77. The van der Waals surface area contributed by atoms with Crippen LogP contribution in [0.4, 0.5) is 0 Å². The van der Waals surface area contributed by atoms with E-state index in [-0.39, 0.29) is 6.04 Å². The molecule has 6 heteroatoms. The average molecular weight is 271 g/mol. The molecule has 0 saturated carbocycles. The molecular weight excluding hydrogens is 250 g/mol. The maximum atomic E-state index is 11.2. The molecule has 0 aliphatic carbocycles. The monoisotopic (exact) mass is 271 g/mol. The Morgan fingerprint density at radius 1 is 1.33 bits per heavy atom. The molecule has 0 spiro atoms. The standard InChI is InChI=1S/C12H21N3O2S/c1-10(11-5-7-13-8-6-11)14-9-12(2,3)15-18(4,16)17/h5-8,10,14-15H,9H2,1-4H3. The van der Waals surface area contributed by atoms with Gasteiger partial charge in [0.2, 0.25) is 10.0 Å². The fourth-order valence-electron chi connectivity index (χ4n) is 1.72. The van der Waals surface area contributed by atoms with Crippen molar-refractivity contribution in [2.75, 3.05) is 12.8 Å². The molecular formula is C12H21N3O2S. The average Bonchev–Trinajstić information content (AvgIpc) is 2.24. The Morgan fingerprint density at radius 3 is 2.39 bits per heavy atom. The minimum absolute atomic E-state index is 0.147. The van der Waals surface area contributed by atoms with E-state index in [1.165, 1.54) is 6.26 Å². The van der Waals surface area contributed by atoms with Crippen LogP contribution in [0.1, 0.15) is 32.4 Å². The van der Waals surface area contributed by atoms with Gasteiger partial charge in [0.05, 0.1) is 6.26 Å². The van der Waals surface area contributed by atoms with E-state index in [1.807, 2.05) is 32.9 Å².